The second-order valence-corrected chi connectivity index (χ2v) is 14.0. The van der Waals surface area contributed by atoms with Crippen LogP contribution in [-0.4, -0.2) is 32.3 Å². The Bertz CT molecular complexity index is 2110. The van der Waals surface area contributed by atoms with Gasteiger partial charge in [0.25, 0.3) is 0 Å². The second-order valence-electron chi connectivity index (χ2n) is 14.0. The molecule has 0 N–H and O–H groups in total. The van der Waals surface area contributed by atoms with E-state index in [-0.39, 0.29) is 0 Å². The second kappa shape index (κ2) is 18.2. The van der Waals surface area contributed by atoms with Crippen molar-refractivity contribution in [2.45, 2.75) is 64.6 Å². The van der Waals surface area contributed by atoms with E-state index in [1.165, 1.54) is 0 Å². The van der Waals surface area contributed by atoms with Crippen LogP contribution in [0.15, 0.2) is 97.6 Å². The molecule has 6 aromatic rings. The lowest BCUT2D eigenvalue weighted by Crippen LogP contribution is -2.11. The number of ether oxygens (including phenoxy) is 4. The molecule has 0 amide bonds. The molecule has 8 bridgehead atoms. The molecule has 10 nitrogen and oxygen atoms in total. The van der Waals surface area contributed by atoms with Crippen molar-refractivity contribution in [2.75, 3.05) is 13.2 Å². The number of imidazole rings is 2. The van der Waals surface area contributed by atoms with Gasteiger partial charge in [-0.05, 0) is 57.3 Å². The molecule has 0 spiro atoms. The highest BCUT2D eigenvalue weighted by atomic mass is 16.5. The van der Waals surface area contributed by atoms with E-state index in [2.05, 4.69) is 94.9 Å². The molecule has 0 radical (unpaired) electrons. The van der Waals surface area contributed by atoms with E-state index in [0.717, 1.165) is 79.2 Å². The van der Waals surface area contributed by atoms with Crippen LogP contribution in [0.3, 0.4) is 0 Å². The van der Waals surface area contributed by atoms with Crippen molar-refractivity contribution < 1.29 is 18.9 Å². The van der Waals surface area contributed by atoms with Gasteiger partial charge in [0.05, 0.1) is 25.4 Å². The summed E-state index contributed by atoms with van der Waals surface area (Å²) in [4.78, 5) is 9.07. The predicted octanol–water partition coefficient (Wildman–Crippen LogP) is 8.35. The number of aryl methyl sites for hydroxylation is 2. The minimum atomic E-state index is 0.304. The van der Waals surface area contributed by atoms with Crippen molar-refractivity contribution in [1.29, 1.82) is 10.5 Å². The average Bonchev–Trinajstić information content (AvgIpc) is 3.82. The summed E-state index contributed by atoms with van der Waals surface area (Å²) in [5, 5.41) is 18.6. The lowest BCUT2D eigenvalue weighted by Gasteiger charge is -2.22. The van der Waals surface area contributed by atoms with Crippen molar-refractivity contribution in [3.63, 3.8) is 0 Å². The molecule has 284 valence electrons. The number of hydrogen-bond donors (Lipinski definition) is 0. The Labute approximate surface area is 328 Å². The molecule has 7 rings (SSSR count). The summed E-state index contributed by atoms with van der Waals surface area (Å²) < 4.78 is 30.7. The van der Waals surface area contributed by atoms with Gasteiger partial charge in [-0.25, -0.2) is 9.97 Å². The molecule has 2 heterocycles. The van der Waals surface area contributed by atoms with Crippen LogP contribution < -0.4 is 18.9 Å². The SMILES string of the molecule is Cn1ccnc1COc1c2cccc1Cc1cccc(c1OCCCC#N)Cc1cccc(c1OCc1nccn1C)Cc1cccc(c1OCCCC#N)C2. The van der Waals surface area contributed by atoms with Gasteiger partial charge in [-0.1, -0.05) is 72.8 Å². The molecule has 0 fully saturated rings. The van der Waals surface area contributed by atoms with E-state index in [0.29, 0.717) is 77.8 Å². The minimum absolute atomic E-state index is 0.304. The van der Waals surface area contributed by atoms with E-state index in [9.17, 15) is 10.5 Å². The molecule has 4 aromatic carbocycles. The topological polar surface area (TPSA) is 120 Å². The monoisotopic (exact) mass is 746 g/mol. The van der Waals surface area contributed by atoms with Crippen molar-refractivity contribution >= 4 is 0 Å². The van der Waals surface area contributed by atoms with Crippen LogP contribution in [0, 0.1) is 22.7 Å². The highest BCUT2D eigenvalue weighted by Gasteiger charge is 2.22. The van der Waals surface area contributed by atoms with Gasteiger partial charge in [0, 0.05) is 77.4 Å². The maximum Gasteiger partial charge on any atom is 0.146 e. The fourth-order valence-corrected chi connectivity index (χ4v) is 7.22. The lowest BCUT2D eigenvalue weighted by molar-refractivity contribution is 0.284. The van der Waals surface area contributed by atoms with Crippen LogP contribution in [0.4, 0.5) is 0 Å². The maximum atomic E-state index is 9.28. The molecule has 10 heteroatoms. The third-order valence-corrected chi connectivity index (χ3v) is 10.1. The number of para-hydroxylation sites is 4. The smallest absolute Gasteiger partial charge is 0.146 e. The van der Waals surface area contributed by atoms with E-state index < -0.39 is 0 Å². The van der Waals surface area contributed by atoms with Gasteiger partial charge in [-0.15, -0.1) is 0 Å². The molecular formula is C46H46N6O4. The quantitative estimate of drug-likeness (QED) is 0.102. The fourth-order valence-electron chi connectivity index (χ4n) is 7.22. The molecule has 56 heavy (non-hydrogen) atoms. The summed E-state index contributed by atoms with van der Waals surface area (Å²) in [6, 6.07) is 29.8. The van der Waals surface area contributed by atoms with Gasteiger partial charge in [0.1, 0.15) is 47.9 Å². The number of unbranched alkanes of at least 4 members (excludes halogenated alkanes) is 2. The zero-order valence-corrected chi connectivity index (χ0v) is 32.0. The minimum Gasteiger partial charge on any atom is -0.493 e. The summed E-state index contributed by atoms with van der Waals surface area (Å²) in [6.07, 6.45) is 11.7. The molecule has 0 unspecified atom stereocenters. The van der Waals surface area contributed by atoms with Gasteiger partial charge in [-0.3, -0.25) is 0 Å². The summed E-state index contributed by atoms with van der Waals surface area (Å²) in [5.41, 5.74) is 8.21. The zero-order valence-electron chi connectivity index (χ0n) is 32.0. The molecule has 0 atom stereocenters. The molecular weight excluding hydrogens is 701 g/mol. The Hall–Kier alpha value is -6.52. The number of rotatable bonds is 14. The van der Waals surface area contributed by atoms with Gasteiger partial charge in [-0.2, -0.15) is 10.5 Å². The highest BCUT2D eigenvalue weighted by Crippen LogP contribution is 2.39. The summed E-state index contributed by atoms with van der Waals surface area (Å²) >= 11 is 0. The van der Waals surface area contributed by atoms with Crippen molar-refractivity contribution in [3.8, 4) is 35.1 Å². The third-order valence-electron chi connectivity index (χ3n) is 10.1. The number of nitriles is 2. The summed E-state index contributed by atoms with van der Waals surface area (Å²) in [6.45, 7) is 1.46. The first-order chi connectivity index (χ1) is 27.5. The average molecular weight is 747 g/mol. The standard InChI is InChI=1S/C46H46N6O4/c1-51-23-21-49-41(51)31-55-45-37-15-9-16-38(45)28-34-12-8-14-36(44(34)54-26-6-4-20-48)30-40-18-10-17-39(46(40)56-32-42-50-22-24-52(42)2)29-35-13-7-11-33(27-37)43(35)53-25-5-3-19-47/h7-18,21-24H,3-6,25-32H2,1-2H3. The van der Waals surface area contributed by atoms with Crippen molar-refractivity contribution in [1.82, 2.24) is 19.1 Å². The van der Waals surface area contributed by atoms with Crippen LogP contribution in [0.5, 0.6) is 23.0 Å². The normalized spacial score (nSPS) is 12.0. The molecule has 1 aliphatic carbocycles. The maximum absolute atomic E-state index is 9.28. The Morgan fingerprint density at radius 3 is 1.07 bits per heavy atom. The number of hydrogen-bond acceptors (Lipinski definition) is 8. The largest absolute Gasteiger partial charge is 0.493 e. The number of aromatic nitrogens is 4. The molecule has 2 aromatic heterocycles. The Morgan fingerprint density at radius 1 is 0.500 bits per heavy atom. The van der Waals surface area contributed by atoms with Gasteiger partial charge >= 0.3 is 0 Å². The van der Waals surface area contributed by atoms with Crippen LogP contribution in [0.1, 0.15) is 81.8 Å². The Morgan fingerprint density at radius 2 is 0.804 bits per heavy atom. The molecule has 0 saturated heterocycles. The summed E-state index contributed by atoms with van der Waals surface area (Å²) in [7, 11) is 3.94. The first kappa shape index (κ1) is 37.8. The van der Waals surface area contributed by atoms with Crippen LogP contribution >= 0.6 is 0 Å². The first-order valence-corrected chi connectivity index (χ1v) is 19.1. The molecule has 0 aliphatic heterocycles. The lowest BCUT2D eigenvalue weighted by atomic mass is 9.91. The van der Waals surface area contributed by atoms with Gasteiger partial charge in [0.2, 0.25) is 0 Å². The molecule has 1 aliphatic rings. The highest BCUT2D eigenvalue weighted by molar-refractivity contribution is 5.56. The van der Waals surface area contributed by atoms with Crippen molar-refractivity contribution in [2.24, 2.45) is 14.1 Å². The van der Waals surface area contributed by atoms with E-state index in [1.54, 1.807) is 12.4 Å². The van der Waals surface area contributed by atoms with E-state index >= 15 is 0 Å². The van der Waals surface area contributed by atoms with Crippen LogP contribution in [0.25, 0.3) is 0 Å². The van der Waals surface area contributed by atoms with E-state index in [4.69, 9.17) is 18.9 Å². The van der Waals surface area contributed by atoms with Crippen molar-refractivity contribution in [3.05, 3.63) is 154 Å². The first-order valence-electron chi connectivity index (χ1n) is 19.1. The van der Waals surface area contributed by atoms with Gasteiger partial charge in [0.15, 0.2) is 0 Å². The van der Waals surface area contributed by atoms with Crippen LogP contribution in [-0.2, 0) is 53.0 Å². The Balaban J connectivity index is 1.38. The summed E-state index contributed by atoms with van der Waals surface area (Å²) in [5.74, 6) is 4.89. The number of nitrogens with zero attached hydrogens (tertiary/aromatic N) is 6. The van der Waals surface area contributed by atoms with Gasteiger partial charge < -0.3 is 28.1 Å². The number of benzene rings is 4. The Kier molecular flexibility index (Phi) is 12.3. The van der Waals surface area contributed by atoms with Crippen LogP contribution in [0.2, 0.25) is 0 Å². The third kappa shape index (κ3) is 8.88. The predicted molar refractivity (Wildman–Crippen MR) is 213 cm³/mol. The number of fused-ring (bicyclic) bond motifs is 8. The van der Waals surface area contributed by atoms with E-state index in [1.807, 2.05) is 35.6 Å². The zero-order chi connectivity index (χ0) is 38.7. The fraction of sp³-hybridized carbons (Fsp3) is 0.304. The molecule has 0 saturated carbocycles.